The number of hydrogen-bond acceptors (Lipinski definition) is 4. The van der Waals surface area contributed by atoms with Gasteiger partial charge in [-0.05, 0) is 88.4 Å². The maximum absolute atomic E-state index is 12.1. The van der Waals surface area contributed by atoms with Crippen LogP contribution in [0.3, 0.4) is 0 Å². The Hall–Kier alpha value is -4.12. The summed E-state index contributed by atoms with van der Waals surface area (Å²) < 4.78 is 12.5. The van der Waals surface area contributed by atoms with Gasteiger partial charge in [-0.25, -0.2) is 0 Å². The third-order valence-electron chi connectivity index (χ3n) is 11.3. The number of phenolic OH excluding ortho intramolecular Hbond substituents is 2. The molecule has 8 bridgehead atoms. The largest absolute Gasteiger partial charge is 0.507 e. The summed E-state index contributed by atoms with van der Waals surface area (Å²) in [4.78, 5) is 0. The smallest absolute Gasteiger partial charge is 0.125 e. The predicted molar refractivity (Wildman–Crippen MR) is 238 cm³/mol. The molecule has 0 saturated heterocycles. The average Bonchev–Trinajstić information content (AvgIpc) is 3.10. The van der Waals surface area contributed by atoms with Gasteiger partial charge in [0.1, 0.15) is 23.0 Å². The summed E-state index contributed by atoms with van der Waals surface area (Å²) in [6.45, 7) is 28.8. The van der Waals surface area contributed by atoms with Crippen LogP contribution in [0.4, 0.5) is 0 Å². The zero-order valence-corrected chi connectivity index (χ0v) is 39.3. The van der Waals surface area contributed by atoms with Crippen molar-refractivity contribution in [2.45, 2.75) is 137 Å². The van der Waals surface area contributed by atoms with Gasteiger partial charge in [-0.2, -0.15) is 35.9 Å². The molecule has 0 aliphatic heterocycles. The number of ether oxygens (including phenoxy) is 2. The van der Waals surface area contributed by atoms with Gasteiger partial charge in [0, 0.05) is 44.2 Å². The minimum atomic E-state index is -0.131. The first-order chi connectivity index (χ1) is 26.4. The van der Waals surface area contributed by atoms with Crippen LogP contribution in [0.5, 0.6) is 23.0 Å². The first-order valence-electron chi connectivity index (χ1n) is 20.4. The Morgan fingerprint density at radius 1 is 0.431 bits per heavy atom. The molecule has 0 unspecified atom stereocenters. The summed E-state index contributed by atoms with van der Waals surface area (Å²) in [6, 6.07) is 28.5. The third-order valence-corrected chi connectivity index (χ3v) is 11.3. The molecule has 1 aliphatic rings. The first kappa shape index (κ1) is 46.6. The van der Waals surface area contributed by atoms with Gasteiger partial charge in [-0.1, -0.05) is 139 Å². The Morgan fingerprint density at radius 3 is 0.828 bits per heavy atom. The van der Waals surface area contributed by atoms with E-state index in [2.05, 4.69) is 145 Å². The van der Waals surface area contributed by atoms with E-state index >= 15 is 0 Å². The zero-order chi connectivity index (χ0) is 42.2. The number of fused-ring (bicyclic) bond motifs is 8. The summed E-state index contributed by atoms with van der Waals surface area (Å²) in [5.74, 6) is 2.24. The minimum Gasteiger partial charge on any atom is -0.507 e. The molecule has 309 valence electrons. The monoisotopic (exact) mass is 818 g/mol. The molecule has 5 heteroatoms. The summed E-state index contributed by atoms with van der Waals surface area (Å²) in [5.41, 5.74) is 13.1. The Kier molecular flexibility index (Phi) is 14.1. The molecule has 2 N–H and O–H groups in total. The molecule has 4 nitrogen and oxygen atoms in total. The van der Waals surface area contributed by atoms with Crippen molar-refractivity contribution in [3.05, 3.63) is 151 Å². The molecule has 1 aliphatic carbocycles. The zero-order valence-electron chi connectivity index (χ0n) is 37.9. The van der Waals surface area contributed by atoms with Crippen LogP contribution in [0.15, 0.2) is 72.8 Å². The van der Waals surface area contributed by atoms with Crippen molar-refractivity contribution < 1.29 is 38.2 Å². The van der Waals surface area contributed by atoms with Crippen LogP contribution in [0.2, 0.25) is 0 Å². The SMILES string of the molecule is COc1c2cc(C(C)(C)C)cc1Cc1cc(C(C)(C)C)cc(c1O)Cc1cc(C(C)(C)C)cc(c1OC)Cc1cc(C(C)(C)C)cc(c1O)C2.Cc1cc[c-]cc1.[V]. The van der Waals surface area contributed by atoms with Gasteiger partial charge >= 0.3 is 0 Å². The van der Waals surface area contributed by atoms with Gasteiger partial charge < -0.3 is 19.7 Å². The first-order valence-corrected chi connectivity index (χ1v) is 20.4. The quantitative estimate of drug-likeness (QED) is 0.171. The van der Waals surface area contributed by atoms with E-state index in [-0.39, 0.29) is 40.2 Å². The Morgan fingerprint density at radius 2 is 0.655 bits per heavy atom. The average molecular weight is 819 g/mol. The van der Waals surface area contributed by atoms with E-state index in [4.69, 9.17) is 9.47 Å². The molecule has 0 fully saturated rings. The molecule has 6 rings (SSSR count). The molecule has 0 amide bonds. The predicted octanol–water partition coefficient (Wildman–Crippen LogP) is 12.8. The van der Waals surface area contributed by atoms with E-state index in [1.54, 1.807) is 14.2 Å². The van der Waals surface area contributed by atoms with E-state index < -0.39 is 0 Å². The molecular formula is C53H67O4V-. The van der Waals surface area contributed by atoms with Crippen molar-refractivity contribution in [1.29, 1.82) is 0 Å². The van der Waals surface area contributed by atoms with E-state index in [9.17, 15) is 10.2 Å². The molecule has 5 aromatic rings. The fraction of sp³-hybridized carbons (Fsp3) is 0.434. The summed E-state index contributed by atoms with van der Waals surface area (Å²) in [6.07, 6.45) is 2.03. The Balaban J connectivity index is 0.000000840. The molecule has 0 heterocycles. The molecule has 1 radical (unpaired) electrons. The van der Waals surface area contributed by atoms with E-state index in [1.165, 1.54) is 27.8 Å². The number of aromatic hydroxyl groups is 2. The second-order valence-electron chi connectivity index (χ2n) is 20.2. The van der Waals surface area contributed by atoms with Crippen molar-refractivity contribution in [2.75, 3.05) is 14.2 Å². The standard InChI is InChI=1S/C46H60O4.C7H7.V/c1-43(2,3)35-19-27-15-31-23-37(45(7,8)9)25-33(41(31)49-13)17-29-21-36(44(4,5)6)22-30(40(29)48)18-34-26-38(46(10,11)12)24-32(42(34)50-14)16-28(20-35)39(27)47;1-7-5-3-2-4-6-7;/h19-26,47-48H,15-18H2,1-14H3;3-6H,1H3;/q;-1;. The third kappa shape index (κ3) is 10.7. The number of rotatable bonds is 2. The van der Waals surface area contributed by atoms with Crippen molar-refractivity contribution in [2.24, 2.45) is 0 Å². The Bertz CT molecular complexity index is 1980. The van der Waals surface area contributed by atoms with Crippen molar-refractivity contribution in [3.8, 4) is 23.0 Å². The van der Waals surface area contributed by atoms with Gasteiger partial charge in [0.15, 0.2) is 0 Å². The second kappa shape index (κ2) is 17.6. The molecular weight excluding hydrogens is 752 g/mol. The fourth-order valence-corrected chi connectivity index (χ4v) is 7.64. The maximum Gasteiger partial charge on any atom is 0.125 e. The van der Waals surface area contributed by atoms with Gasteiger partial charge in [0.2, 0.25) is 0 Å². The second-order valence-corrected chi connectivity index (χ2v) is 20.2. The van der Waals surface area contributed by atoms with Crippen LogP contribution in [0.25, 0.3) is 0 Å². The fourth-order valence-electron chi connectivity index (χ4n) is 7.64. The van der Waals surface area contributed by atoms with Crippen LogP contribution in [0.1, 0.15) is 155 Å². The van der Waals surface area contributed by atoms with Gasteiger partial charge in [-0.3, -0.25) is 0 Å². The number of hydrogen-bond donors (Lipinski definition) is 2. The van der Waals surface area contributed by atoms with Crippen molar-refractivity contribution in [1.82, 2.24) is 0 Å². The van der Waals surface area contributed by atoms with E-state index in [0.29, 0.717) is 37.2 Å². The maximum atomic E-state index is 12.1. The van der Waals surface area contributed by atoms with Crippen LogP contribution in [-0.4, -0.2) is 24.4 Å². The number of methoxy groups -OCH3 is 2. The van der Waals surface area contributed by atoms with Gasteiger partial charge in [-0.15, -0.1) is 0 Å². The molecule has 0 spiro atoms. The normalized spacial score (nSPS) is 13.2. The number of aryl methyl sites for hydroxylation is 1. The van der Waals surface area contributed by atoms with Crippen LogP contribution in [0, 0.1) is 13.0 Å². The van der Waals surface area contributed by atoms with E-state index in [0.717, 1.165) is 56.0 Å². The van der Waals surface area contributed by atoms with Gasteiger partial charge in [0.05, 0.1) is 14.2 Å². The van der Waals surface area contributed by atoms with Crippen molar-refractivity contribution in [3.63, 3.8) is 0 Å². The summed E-state index contributed by atoms with van der Waals surface area (Å²) >= 11 is 0. The Labute approximate surface area is 362 Å². The molecule has 0 aromatic heterocycles. The minimum absolute atomic E-state index is 0. The topological polar surface area (TPSA) is 58.9 Å². The van der Waals surface area contributed by atoms with Gasteiger partial charge in [0.25, 0.3) is 0 Å². The number of benzene rings is 5. The molecule has 58 heavy (non-hydrogen) atoms. The number of phenols is 2. The van der Waals surface area contributed by atoms with Crippen LogP contribution >= 0.6 is 0 Å². The summed E-state index contributed by atoms with van der Waals surface area (Å²) in [7, 11) is 3.47. The molecule has 0 saturated carbocycles. The molecule has 5 aromatic carbocycles. The van der Waals surface area contributed by atoms with Crippen LogP contribution < -0.4 is 9.47 Å². The van der Waals surface area contributed by atoms with Crippen molar-refractivity contribution >= 4 is 0 Å². The summed E-state index contributed by atoms with van der Waals surface area (Å²) in [5, 5.41) is 24.3. The van der Waals surface area contributed by atoms with E-state index in [1.807, 2.05) is 24.3 Å². The van der Waals surface area contributed by atoms with Crippen LogP contribution in [-0.2, 0) is 65.9 Å². The molecule has 0 atom stereocenters.